The van der Waals surface area contributed by atoms with Crippen LogP contribution in [0.25, 0.3) is 10.9 Å². The third kappa shape index (κ3) is 3.27. The SMILES string of the molecule is Cn1ncc2cc(Sc3cnc4c(n3)CC(N3CCC(C)(N)CC3)=N4)ccc21. The Morgan fingerprint density at radius 1 is 1.18 bits per heavy atom. The maximum atomic E-state index is 6.25. The van der Waals surface area contributed by atoms with Crippen LogP contribution < -0.4 is 5.73 Å². The van der Waals surface area contributed by atoms with Crippen molar-refractivity contribution in [2.75, 3.05) is 13.1 Å². The van der Waals surface area contributed by atoms with E-state index in [4.69, 9.17) is 15.7 Å². The van der Waals surface area contributed by atoms with Crippen LogP contribution in [0.2, 0.25) is 0 Å². The number of amidine groups is 1. The first-order valence-electron chi connectivity index (χ1n) is 9.54. The van der Waals surface area contributed by atoms with Gasteiger partial charge in [0.1, 0.15) is 10.9 Å². The Morgan fingerprint density at radius 3 is 2.82 bits per heavy atom. The third-order valence-corrected chi connectivity index (χ3v) is 6.47. The van der Waals surface area contributed by atoms with Crippen LogP contribution in [0.3, 0.4) is 0 Å². The molecule has 2 N–H and O–H groups in total. The molecule has 144 valence electrons. The summed E-state index contributed by atoms with van der Waals surface area (Å²) in [5.41, 5.74) is 8.28. The Kier molecular flexibility index (Phi) is 4.13. The minimum absolute atomic E-state index is 0.0573. The molecule has 0 aliphatic carbocycles. The predicted molar refractivity (Wildman–Crippen MR) is 111 cm³/mol. The average Bonchev–Trinajstić information content (AvgIpc) is 3.25. The maximum absolute atomic E-state index is 6.25. The number of likely N-dealkylation sites (tertiary alicyclic amines) is 1. The van der Waals surface area contributed by atoms with Crippen molar-refractivity contribution in [2.24, 2.45) is 17.8 Å². The fourth-order valence-electron chi connectivity index (χ4n) is 3.76. The van der Waals surface area contributed by atoms with E-state index in [0.717, 1.165) is 70.5 Å². The summed E-state index contributed by atoms with van der Waals surface area (Å²) in [6.07, 6.45) is 6.43. The summed E-state index contributed by atoms with van der Waals surface area (Å²) in [4.78, 5) is 17.6. The first-order valence-corrected chi connectivity index (χ1v) is 10.4. The molecule has 0 bridgehead atoms. The zero-order valence-corrected chi connectivity index (χ0v) is 16.9. The molecule has 28 heavy (non-hydrogen) atoms. The van der Waals surface area contributed by atoms with E-state index in [1.54, 1.807) is 11.8 Å². The van der Waals surface area contributed by atoms with Crippen molar-refractivity contribution in [1.29, 1.82) is 0 Å². The zero-order valence-electron chi connectivity index (χ0n) is 16.1. The summed E-state index contributed by atoms with van der Waals surface area (Å²) in [5, 5.41) is 6.33. The lowest BCUT2D eigenvalue weighted by molar-refractivity contribution is 0.243. The molecule has 0 saturated carbocycles. The Labute approximate surface area is 168 Å². The van der Waals surface area contributed by atoms with Crippen molar-refractivity contribution in [3.63, 3.8) is 0 Å². The van der Waals surface area contributed by atoms with Crippen molar-refractivity contribution in [3.05, 3.63) is 36.3 Å². The number of nitrogens with two attached hydrogens (primary N) is 1. The van der Waals surface area contributed by atoms with Crippen LogP contribution in [0.15, 0.2) is 45.5 Å². The number of hydrogen-bond donors (Lipinski definition) is 1. The first kappa shape index (κ1) is 17.6. The van der Waals surface area contributed by atoms with Gasteiger partial charge in [0.25, 0.3) is 0 Å². The van der Waals surface area contributed by atoms with Crippen LogP contribution in [0.4, 0.5) is 5.82 Å². The second-order valence-electron chi connectivity index (χ2n) is 7.92. The van der Waals surface area contributed by atoms with Crippen molar-refractivity contribution >= 4 is 34.3 Å². The highest BCUT2D eigenvalue weighted by Gasteiger charge is 2.30. The minimum Gasteiger partial charge on any atom is -0.360 e. The molecular formula is C20H23N7S. The normalized spacial score (nSPS) is 18.4. The molecule has 1 aromatic carbocycles. The fourth-order valence-corrected chi connectivity index (χ4v) is 4.58. The lowest BCUT2D eigenvalue weighted by atomic mass is 9.91. The van der Waals surface area contributed by atoms with Gasteiger partial charge in [-0.1, -0.05) is 11.8 Å². The van der Waals surface area contributed by atoms with Crippen molar-refractivity contribution < 1.29 is 0 Å². The zero-order chi connectivity index (χ0) is 19.3. The lowest BCUT2D eigenvalue weighted by Crippen LogP contribution is -2.49. The molecule has 0 unspecified atom stereocenters. The van der Waals surface area contributed by atoms with Crippen molar-refractivity contribution in [2.45, 2.75) is 41.6 Å². The predicted octanol–water partition coefficient (Wildman–Crippen LogP) is 2.91. The van der Waals surface area contributed by atoms with E-state index >= 15 is 0 Å². The molecule has 3 aromatic rings. The van der Waals surface area contributed by atoms with Crippen LogP contribution in [0, 0.1) is 0 Å². The molecule has 2 aliphatic rings. The van der Waals surface area contributed by atoms with E-state index in [2.05, 4.69) is 40.1 Å². The standard InChI is InChI=1S/C20H23N7S/c1-20(21)5-7-27(8-6-20)17-10-15-19(25-17)22-12-18(24-15)28-14-3-4-16-13(9-14)11-23-26(16)2/h3-4,9,11-12H,5-8,10,21H2,1-2H3. The molecule has 0 amide bonds. The quantitative estimate of drug-likeness (QED) is 0.721. The number of rotatable bonds is 2. The molecule has 8 heteroatoms. The fraction of sp³-hybridized carbons (Fsp3) is 0.400. The van der Waals surface area contributed by atoms with E-state index < -0.39 is 0 Å². The summed E-state index contributed by atoms with van der Waals surface area (Å²) in [6.45, 7) is 4.03. The number of nitrogens with zero attached hydrogens (tertiary/aromatic N) is 6. The minimum atomic E-state index is -0.0573. The monoisotopic (exact) mass is 393 g/mol. The Bertz CT molecular complexity index is 1080. The summed E-state index contributed by atoms with van der Waals surface area (Å²) in [7, 11) is 1.95. The van der Waals surface area contributed by atoms with Gasteiger partial charge in [-0.25, -0.2) is 15.0 Å². The van der Waals surface area contributed by atoms with Gasteiger partial charge in [-0.2, -0.15) is 5.10 Å². The van der Waals surface area contributed by atoms with E-state index in [1.165, 1.54) is 0 Å². The molecule has 0 spiro atoms. The Morgan fingerprint density at radius 2 is 2.00 bits per heavy atom. The molecule has 0 atom stereocenters. The summed E-state index contributed by atoms with van der Waals surface area (Å²) in [6, 6.07) is 6.33. The number of aryl methyl sites for hydroxylation is 1. The highest BCUT2D eigenvalue weighted by atomic mass is 32.2. The van der Waals surface area contributed by atoms with Gasteiger partial charge in [0.15, 0.2) is 5.82 Å². The van der Waals surface area contributed by atoms with Crippen LogP contribution >= 0.6 is 11.8 Å². The first-order chi connectivity index (χ1) is 13.5. The largest absolute Gasteiger partial charge is 0.360 e. The van der Waals surface area contributed by atoms with Gasteiger partial charge in [-0.3, -0.25) is 4.68 Å². The van der Waals surface area contributed by atoms with Gasteiger partial charge in [0, 0.05) is 36.0 Å². The number of benzene rings is 1. The highest BCUT2D eigenvalue weighted by molar-refractivity contribution is 7.99. The molecule has 2 aromatic heterocycles. The van der Waals surface area contributed by atoms with Crippen LogP contribution in [-0.2, 0) is 13.5 Å². The van der Waals surface area contributed by atoms with E-state index in [-0.39, 0.29) is 5.54 Å². The topological polar surface area (TPSA) is 85.2 Å². The van der Waals surface area contributed by atoms with Gasteiger partial charge in [0.2, 0.25) is 0 Å². The van der Waals surface area contributed by atoms with E-state index in [0.29, 0.717) is 0 Å². The number of fused-ring (bicyclic) bond motifs is 2. The number of hydrogen-bond acceptors (Lipinski definition) is 7. The van der Waals surface area contributed by atoms with Crippen LogP contribution in [0.1, 0.15) is 25.5 Å². The molecule has 2 aliphatic heterocycles. The van der Waals surface area contributed by atoms with Gasteiger partial charge in [-0.15, -0.1) is 0 Å². The second-order valence-corrected chi connectivity index (χ2v) is 9.01. The summed E-state index contributed by atoms with van der Waals surface area (Å²) < 4.78 is 1.88. The molecule has 5 rings (SSSR count). The lowest BCUT2D eigenvalue weighted by Gasteiger charge is -2.37. The van der Waals surface area contributed by atoms with Gasteiger partial charge in [-0.05, 0) is 38.0 Å². The maximum Gasteiger partial charge on any atom is 0.176 e. The van der Waals surface area contributed by atoms with Crippen molar-refractivity contribution in [3.8, 4) is 0 Å². The molecule has 1 fully saturated rings. The molecular weight excluding hydrogens is 370 g/mol. The number of aliphatic imine (C=N–C) groups is 1. The molecule has 0 radical (unpaired) electrons. The average molecular weight is 394 g/mol. The Hall–Kier alpha value is -2.45. The third-order valence-electron chi connectivity index (χ3n) is 5.57. The van der Waals surface area contributed by atoms with Gasteiger partial charge < -0.3 is 10.6 Å². The second kappa shape index (κ2) is 6.56. The molecule has 4 heterocycles. The smallest absolute Gasteiger partial charge is 0.176 e. The summed E-state index contributed by atoms with van der Waals surface area (Å²) in [5.74, 6) is 1.83. The van der Waals surface area contributed by atoms with Crippen molar-refractivity contribution in [1.82, 2.24) is 24.6 Å². The highest BCUT2D eigenvalue weighted by Crippen LogP contribution is 2.32. The Balaban J connectivity index is 1.31. The van der Waals surface area contributed by atoms with E-state index in [1.807, 2.05) is 24.1 Å². The van der Waals surface area contributed by atoms with Gasteiger partial charge >= 0.3 is 0 Å². The summed E-state index contributed by atoms with van der Waals surface area (Å²) >= 11 is 1.62. The number of aromatic nitrogens is 4. The van der Waals surface area contributed by atoms with Gasteiger partial charge in [0.05, 0.1) is 30.0 Å². The van der Waals surface area contributed by atoms with Crippen LogP contribution in [0.5, 0.6) is 0 Å². The molecule has 1 saturated heterocycles. The number of piperidine rings is 1. The van der Waals surface area contributed by atoms with E-state index in [9.17, 15) is 0 Å². The molecule has 7 nitrogen and oxygen atoms in total. The van der Waals surface area contributed by atoms with Crippen LogP contribution in [-0.4, -0.2) is 49.1 Å².